The average molecular weight is 397 g/mol. The number of benzene rings is 1. The van der Waals surface area contributed by atoms with Gasteiger partial charge in [0.1, 0.15) is 5.82 Å². The van der Waals surface area contributed by atoms with Gasteiger partial charge in [-0.2, -0.15) is 0 Å². The van der Waals surface area contributed by atoms with E-state index in [-0.39, 0.29) is 6.79 Å². The molecule has 0 saturated carbocycles. The summed E-state index contributed by atoms with van der Waals surface area (Å²) in [7, 11) is 0. The summed E-state index contributed by atoms with van der Waals surface area (Å²) in [5.41, 5.74) is 2.21. The molecular formula is C21H27N5O3. The van der Waals surface area contributed by atoms with Gasteiger partial charge in [-0.15, -0.1) is 0 Å². The molecule has 4 rings (SSSR count). The van der Waals surface area contributed by atoms with Crippen molar-refractivity contribution >= 4 is 11.8 Å². The molecule has 3 heterocycles. The number of hydrogen-bond donors (Lipinski definition) is 2. The highest BCUT2D eigenvalue weighted by Gasteiger charge is 2.16. The summed E-state index contributed by atoms with van der Waals surface area (Å²) in [5, 5.41) is 6.73. The summed E-state index contributed by atoms with van der Waals surface area (Å²) < 4.78 is 16.3. The van der Waals surface area contributed by atoms with Gasteiger partial charge < -0.3 is 29.7 Å². The lowest BCUT2D eigenvalue weighted by atomic mass is 10.2. The Labute approximate surface area is 170 Å². The van der Waals surface area contributed by atoms with Crippen molar-refractivity contribution in [2.75, 3.05) is 44.5 Å². The van der Waals surface area contributed by atoms with Crippen molar-refractivity contribution in [2.45, 2.75) is 20.0 Å². The van der Waals surface area contributed by atoms with E-state index in [0.29, 0.717) is 13.1 Å². The van der Waals surface area contributed by atoms with E-state index in [9.17, 15) is 0 Å². The minimum atomic E-state index is 0.281. The largest absolute Gasteiger partial charge is 0.454 e. The predicted molar refractivity (Wildman–Crippen MR) is 111 cm³/mol. The second-order valence-electron chi connectivity index (χ2n) is 6.82. The number of rotatable bonds is 6. The molecule has 0 atom stereocenters. The smallest absolute Gasteiger partial charge is 0.231 e. The lowest BCUT2D eigenvalue weighted by Crippen LogP contribution is -2.39. The first-order valence-electron chi connectivity index (χ1n) is 10.0. The second-order valence-corrected chi connectivity index (χ2v) is 6.82. The molecule has 2 aromatic rings. The molecule has 2 aliphatic rings. The van der Waals surface area contributed by atoms with Crippen LogP contribution in [0, 0.1) is 0 Å². The standard InChI is InChI=1S/C21H27N5O3/c1-2-22-21(24-13-16-5-6-18-19(12-16)29-15-28-18)25-14-17-4-3-7-23-20(17)26-8-10-27-11-9-26/h3-7,12H,2,8-11,13-15H2,1H3,(H2,22,24,25). The highest BCUT2D eigenvalue weighted by Crippen LogP contribution is 2.32. The number of nitrogens with zero attached hydrogens (tertiary/aromatic N) is 3. The van der Waals surface area contributed by atoms with Crippen LogP contribution in [-0.2, 0) is 17.8 Å². The number of anilines is 1. The van der Waals surface area contributed by atoms with Crippen molar-refractivity contribution in [3.05, 3.63) is 47.7 Å². The Morgan fingerprint density at radius 2 is 2.00 bits per heavy atom. The first-order valence-corrected chi connectivity index (χ1v) is 10.0. The highest BCUT2D eigenvalue weighted by molar-refractivity contribution is 5.79. The molecule has 0 bridgehead atoms. The van der Waals surface area contributed by atoms with Crippen LogP contribution in [0.4, 0.5) is 5.82 Å². The molecule has 1 aromatic carbocycles. The summed E-state index contributed by atoms with van der Waals surface area (Å²) in [4.78, 5) is 11.6. The molecule has 0 aliphatic carbocycles. The molecule has 2 aliphatic heterocycles. The fourth-order valence-corrected chi connectivity index (χ4v) is 3.36. The second kappa shape index (κ2) is 9.47. The molecule has 1 saturated heterocycles. The van der Waals surface area contributed by atoms with Crippen LogP contribution in [-0.4, -0.2) is 50.6 Å². The fourth-order valence-electron chi connectivity index (χ4n) is 3.36. The molecule has 0 unspecified atom stereocenters. The summed E-state index contributed by atoms with van der Waals surface area (Å²) in [5.74, 6) is 3.34. The van der Waals surface area contributed by atoms with Gasteiger partial charge in [-0.25, -0.2) is 9.98 Å². The van der Waals surface area contributed by atoms with E-state index in [1.54, 1.807) is 0 Å². The van der Waals surface area contributed by atoms with Crippen LogP contribution in [0.1, 0.15) is 18.1 Å². The van der Waals surface area contributed by atoms with Gasteiger partial charge >= 0.3 is 0 Å². The number of nitrogens with one attached hydrogen (secondary N) is 2. The zero-order valence-corrected chi connectivity index (χ0v) is 16.7. The molecule has 0 amide bonds. The van der Waals surface area contributed by atoms with Gasteiger partial charge in [0, 0.05) is 37.9 Å². The van der Waals surface area contributed by atoms with Crippen molar-refractivity contribution in [1.29, 1.82) is 0 Å². The average Bonchev–Trinajstić information content (AvgIpc) is 3.24. The van der Waals surface area contributed by atoms with Gasteiger partial charge in [0.05, 0.1) is 19.8 Å². The van der Waals surface area contributed by atoms with Gasteiger partial charge in [-0.05, 0) is 30.7 Å². The van der Waals surface area contributed by atoms with Crippen LogP contribution in [0.25, 0.3) is 0 Å². The van der Waals surface area contributed by atoms with Crippen LogP contribution in [0.2, 0.25) is 0 Å². The van der Waals surface area contributed by atoms with E-state index in [2.05, 4.69) is 33.5 Å². The lowest BCUT2D eigenvalue weighted by Gasteiger charge is -2.29. The van der Waals surface area contributed by atoms with Crippen LogP contribution < -0.4 is 25.0 Å². The van der Waals surface area contributed by atoms with E-state index in [0.717, 1.165) is 67.3 Å². The van der Waals surface area contributed by atoms with Gasteiger partial charge in [-0.3, -0.25) is 0 Å². The Morgan fingerprint density at radius 1 is 1.14 bits per heavy atom. The molecular weight excluding hydrogens is 370 g/mol. The van der Waals surface area contributed by atoms with E-state index >= 15 is 0 Å². The molecule has 1 fully saturated rings. The number of aliphatic imine (C=N–C) groups is 1. The number of pyridine rings is 1. The van der Waals surface area contributed by atoms with Gasteiger partial charge in [-0.1, -0.05) is 12.1 Å². The normalized spacial score (nSPS) is 16.0. The lowest BCUT2D eigenvalue weighted by molar-refractivity contribution is 0.122. The number of fused-ring (bicyclic) bond motifs is 1. The number of guanidine groups is 1. The zero-order valence-electron chi connectivity index (χ0n) is 16.7. The minimum Gasteiger partial charge on any atom is -0.454 e. The van der Waals surface area contributed by atoms with E-state index in [1.165, 1.54) is 0 Å². The first-order chi connectivity index (χ1) is 14.3. The van der Waals surface area contributed by atoms with Crippen molar-refractivity contribution in [3.8, 4) is 11.5 Å². The van der Waals surface area contributed by atoms with Gasteiger partial charge in [0.25, 0.3) is 0 Å². The molecule has 0 radical (unpaired) electrons. The monoisotopic (exact) mass is 397 g/mol. The number of aromatic nitrogens is 1. The summed E-state index contributed by atoms with van der Waals surface area (Å²) in [6.45, 7) is 7.53. The molecule has 29 heavy (non-hydrogen) atoms. The van der Waals surface area contributed by atoms with Gasteiger partial charge in [0.15, 0.2) is 17.5 Å². The molecule has 8 nitrogen and oxygen atoms in total. The Hall–Kier alpha value is -3.00. The highest BCUT2D eigenvalue weighted by atomic mass is 16.7. The third-order valence-corrected chi connectivity index (χ3v) is 4.83. The fraction of sp³-hybridized carbons (Fsp3) is 0.429. The summed E-state index contributed by atoms with van der Waals surface area (Å²) in [6, 6.07) is 9.99. The van der Waals surface area contributed by atoms with E-state index < -0.39 is 0 Å². The predicted octanol–water partition coefficient (Wildman–Crippen LogP) is 1.90. The quantitative estimate of drug-likeness (QED) is 0.569. The third kappa shape index (κ3) is 4.89. The molecule has 0 spiro atoms. The number of hydrogen-bond acceptors (Lipinski definition) is 6. The van der Waals surface area contributed by atoms with Crippen LogP contribution in [0.15, 0.2) is 41.5 Å². The summed E-state index contributed by atoms with van der Waals surface area (Å²) in [6.07, 6.45) is 1.84. The zero-order chi connectivity index (χ0) is 19.9. The van der Waals surface area contributed by atoms with Gasteiger partial charge in [0.2, 0.25) is 6.79 Å². The topological polar surface area (TPSA) is 80.2 Å². The molecule has 2 N–H and O–H groups in total. The Kier molecular flexibility index (Phi) is 6.31. The Morgan fingerprint density at radius 3 is 2.86 bits per heavy atom. The van der Waals surface area contributed by atoms with E-state index in [1.807, 2.05) is 30.5 Å². The van der Waals surface area contributed by atoms with Crippen molar-refractivity contribution in [3.63, 3.8) is 0 Å². The van der Waals surface area contributed by atoms with E-state index in [4.69, 9.17) is 19.2 Å². The van der Waals surface area contributed by atoms with Crippen LogP contribution >= 0.6 is 0 Å². The van der Waals surface area contributed by atoms with Crippen molar-refractivity contribution in [2.24, 2.45) is 4.99 Å². The maximum absolute atomic E-state index is 5.46. The Balaban J connectivity index is 1.41. The summed E-state index contributed by atoms with van der Waals surface area (Å²) >= 11 is 0. The number of ether oxygens (including phenoxy) is 3. The molecule has 1 aromatic heterocycles. The molecule has 8 heteroatoms. The van der Waals surface area contributed by atoms with Crippen molar-refractivity contribution in [1.82, 2.24) is 15.6 Å². The number of morpholine rings is 1. The third-order valence-electron chi connectivity index (χ3n) is 4.83. The molecule has 154 valence electrons. The Bertz CT molecular complexity index is 852. The minimum absolute atomic E-state index is 0.281. The SMILES string of the molecule is CCNC(=NCc1ccc2c(c1)OCO2)NCc1cccnc1N1CCOCC1. The van der Waals surface area contributed by atoms with Crippen molar-refractivity contribution < 1.29 is 14.2 Å². The maximum atomic E-state index is 5.46. The van der Waals surface area contributed by atoms with Crippen LogP contribution in [0.3, 0.4) is 0 Å². The first kappa shape index (κ1) is 19.3. The maximum Gasteiger partial charge on any atom is 0.231 e. The van der Waals surface area contributed by atoms with Crippen LogP contribution in [0.5, 0.6) is 11.5 Å².